The molecule has 0 atom stereocenters. The van der Waals surface area contributed by atoms with E-state index in [1.165, 1.54) is 37.7 Å². The molecule has 4 bridgehead atoms. The molecular formula is C16H20N2O3S. The number of rotatable bonds is 2. The van der Waals surface area contributed by atoms with Gasteiger partial charge in [0.1, 0.15) is 4.88 Å². The number of thiazole rings is 1. The zero-order valence-corrected chi connectivity index (χ0v) is 13.4. The smallest absolute Gasteiger partial charge is 0.349 e. The van der Waals surface area contributed by atoms with E-state index in [1.807, 2.05) is 0 Å². The van der Waals surface area contributed by atoms with Crippen LogP contribution in [0.15, 0.2) is 11.2 Å². The molecule has 1 amide bonds. The molecule has 5 nitrogen and oxygen atoms in total. The summed E-state index contributed by atoms with van der Waals surface area (Å²) in [7, 11) is 1.35. The summed E-state index contributed by atoms with van der Waals surface area (Å²) in [5.41, 5.74) is -0.224. The Morgan fingerprint density at radius 2 is 1.82 bits per heavy atom. The van der Waals surface area contributed by atoms with E-state index in [9.17, 15) is 9.59 Å². The van der Waals surface area contributed by atoms with Gasteiger partial charge in [0.2, 0.25) is 0 Å². The number of H-pyrrole nitrogens is 1. The molecule has 22 heavy (non-hydrogen) atoms. The van der Waals surface area contributed by atoms with E-state index < -0.39 is 5.97 Å². The van der Waals surface area contributed by atoms with Gasteiger partial charge in [0, 0.05) is 6.20 Å². The van der Waals surface area contributed by atoms with Crippen molar-refractivity contribution in [2.75, 3.05) is 7.11 Å². The normalized spacial score (nSPS) is 36.6. The summed E-state index contributed by atoms with van der Waals surface area (Å²) in [6.45, 7) is 0. The Labute approximate surface area is 132 Å². The Morgan fingerprint density at radius 3 is 2.36 bits per heavy atom. The number of hydrogen-bond acceptors (Lipinski definition) is 4. The zero-order valence-electron chi connectivity index (χ0n) is 12.6. The summed E-state index contributed by atoms with van der Waals surface area (Å²) >= 11 is 1.18. The third kappa shape index (κ3) is 2.24. The monoisotopic (exact) mass is 320 g/mol. The van der Waals surface area contributed by atoms with Crippen molar-refractivity contribution in [3.8, 4) is 0 Å². The SMILES string of the molecule is COC(=O)c1c[nH]/c(=N\C(=O)C23CC4CC(CC(C4)C2)C3)s1. The van der Waals surface area contributed by atoms with Crippen molar-refractivity contribution in [1.29, 1.82) is 0 Å². The van der Waals surface area contributed by atoms with E-state index in [1.54, 1.807) is 6.20 Å². The van der Waals surface area contributed by atoms with Crippen LogP contribution in [0.4, 0.5) is 0 Å². The van der Waals surface area contributed by atoms with Gasteiger partial charge in [0.05, 0.1) is 12.5 Å². The van der Waals surface area contributed by atoms with Gasteiger partial charge in [0.15, 0.2) is 4.80 Å². The predicted molar refractivity (Wildman–Crippen MR) is 81.2 cm³/mol. The third-order valence-electron chi connectivity index (χ3n) is 5.61. The van der Waals surface area contributed by atoms with Crippen molar-refractivity contribution in [2.45, 2.75) is 38.5 Å². The van der Waals surface area contributed by atoms with Crippen LogP contribution in [0.3, 0.4) is 0 Å². The highest BCUT2D eigenvalue weighted by atomic mass is 32.1. The summed E-state index contributed by atoms with van der Waals surface area (Å²) in [6, 6.07) is 0. The van der Waals surface area contributed by atoms with Crippen molar-refractivity contribution in [3.63, 3.8) is 0 Å². The summed E-state index contributed by atoms with van der Waals surface area (Å²) < 4.78 is 4.68. The molecule has 118 valence electrons. The fourth-order valence-corrected chi connectivity index (χ4v) is 5.87. The summed E-state index contributed by atoms with van der Waals surface area (Å²) in [4.78, 5) is 32.5. The number of ether oxygens (including phenoxy) is 1. The fourth-order valence-electron chi connectivity index (χ4n) is 5.13. The van der Waals surface area contributed by atoms with Crippen LogP contribution in [0.1, 0.15) is 48.2 Å². The number of esters is 1. The Hall–Kier alpha value is -1.43. The van der Waals surface area contributed by atoms with Crippen LogP contribution >= 0.6 is 11.3 Å². The number of aromatic amines is 1. The lowest BCUT2D eigenvalue weighted by atomic mass is 9.49. The van der Waals surface area contributed by atoms with Gasteiger partial charge in [-0.25, -0.2) is 4.79 Å². The van der Waals surface area contributed by atoms with Gasteiger partial charge in [0.25, 0.3) is 5.91 Å². The molecule has 4 saturated carbocycles. The molecule has 0 spiro atoms. The van der Waals surface area contributed by atoms with Gasteiger partial charge in [-0.3, -0.25) is 4.79 Å². The highest BCUT2D eigenvalue weighted by Crippen LogP contribution is 2.60. The lowest BCUT2D eigenvalue weighted by molar-refractivity contribution is -0.142. The number of nitrogens with zero attached hydrogens (tertiary/aromatic N) is 1. The minimum absolute atomic E-state index is 0.0149. The molecule has 4 aliphatic rings. The average Bonchev–Trinajstić information content (AvgIpc) is 2.93. The number of methoxy groups -OCH3 is 1. The molecule has 0 aliphatic heterocycles. The van der Waals surface area contributed by atoms with E-state index >= 15 is 0 Å². The second kappa shape index (κ2) is 5.05. The molecule has 4 aliphatic carbocycles. The maximum Gasteiger partial charge on any atom is 0.349 e. The first kappa shape index (κ1) is 14.2. The van der Waals surface area contributed by atoms with Crippen LogP contribution in [0.25, 0.3) is 0 Å². The first-order chi connectivity index (χ1) is 10.6. The Morgan fingerprint density at radius 1 is 1.23 bits per heavy atom. The van der Waals surface area contributed by atoms with Crippen molar-refractivity contribution in [2.24, 2.45) is 28.2 Å². The number of amides is 1. The minimum atomic E-state index is -0.398. The van der Waals surface area contributed by atoms with Gasteiger partial charge < -0.3 is 9.72 Å². The second-order valence-corrected chi connectivity index (χ2v) is 8.20. The third-order valence-corrected chi connectivity index (χ3v) is 6.52. The number of carbonyl (C=O) groups is 2. The van der Waals surface area contributed by atoms with Crippen LogP contribution in [-0.2, 0) is 9.53 Å². The van der Waals surface area contributed by atoms with Gasteiger partial charge in [-0.15, -0.1) is 0 Å². The lowest BCUT2D eigenvalue weighted by Crippen LogP contribution is -2.49. The molecule has 0 unspecified atom stereocenters. The van der Waals surface area contributed by atoms with Crippen molar-refractivity contribution >= 4 is 23.2 Å². The molecule has 1 aromatic heterocycles. The van der Waals surface area contributed by atoms with Gasteiger partial charge in [-0.1, -0.05) is 11.3 Å². The number of carbonyl (C=O) groups excluding carboxylic acids is 2. The molecule has 6 heteroatoms. The van der Waals surface area contributed by atoms with Gasteiger partial charge in [-0.05, 0) is 56.3 Å². The standard InChI is InChI=1S/C16H20N2O3S/c1-21-13(19)12-8-17-15(22-12)18-14(20)16-5-9-2-10(6-16)4-11(3-9)7-16/h8-11H,2-7H2,1H3,(H,17,18,20). The molecule has 1 N–H and O–H groups in total. The largest absolute Gasteiger partial charge is 0.465 e. The van der Waals surface area contributed by atoms with Crippen LogP contribution in [0.5, 0.6) is 0 Å². The second-order valence-electron chi connectivity index (χ2n) is 7.17. The van der Waals surface area contributed by atoms with E-state index in [-0.39, 0.29) is 11.3 Å². The van der Waals surface area contributed by atoms with Crippen LogP contribution in [0, 0.1) is 23.2 Å². The van der Waals surface area contributed by atoms with Crippen LogP contribution in [-0.4, -0.2) is 24.0 Å². The van der Waals surface area contributed by atoms with Crippen molar-refractivity contribution in [3.05, 3.63) is 15.9 Å². The van der Waals surface area contributed by atoms with E-state index in [4.69, 9.17) is 0 Å². The molecule has 0 radical (unpaired) electrons. The fraction of sp³-hybridized carbons (Fsp3) is 0.688. The topological polar surface area (TPSA) is 71.5 Å². The number of aromatic nitrogens is 1. The van der Waals surface area contributed by atoms with Crippen LogP contribution < -0.4 is 4.80 Å². The molecular weight excluding hydrogens is 300 g/mol. The Bertz CT molecular complexity index is 652. The molecule has 1 heterocycles. The van der Waals surface area contributed by atoms with Crippen molar-refractivity contribution in [1.82, 2.24) is 4.98 Å². The van der Waals surface area contributed by atoms with Gasteiger partial charge >= 0.3 is 5.97 Å². The average molecular weight is 320 g/mol. The Balaban J connectivity index is 1.61. The summed E-state index contributed by atoms with van der Waals surface area (Å²) in [5.74, 6) is 1.79. The zero-order chi connectivity index (χ0) is 15.3. The molecule has 5 rings (SSSR count). The highest BCUT2D eigenvalue weighted by molar-refractivity contribution is 7.11. The van der Waals surface area contributed by atoms with Gasteiger partial charge in [-0.2, -0.15) is 4.99 Å². The van der Waals surface area contributed by atoms with Crippen molar-refractivity contribution < 1.29 is 14.3 Å². The molecule has 0 saturated heterocycles. The highest BCUT2D eigenvalue weighted by Gasteiger charge is 2.54. The van der Waals surface area contributed by atoms with E-state index in [0.29, 0.717) is 9.68 Å². The summed E-state index contributed by atoms with van der Waals surface area (Å²) in [6.07, 6.45) is 8.52. The number of nitrogens with one attached hydrogen (secondary N) is 1. The predicted octanol–water partition coefficient (Wildman–Crippen LogP) is 2.51. The summed E-state index contributed by atoms with van der Waals surface area (Å²) in [5, 5.41) is 0. The molecule has 1 aromatic rings. The molecule has 0 aromatic carbocycles. The molecule has 4 fully saturated rings. The first-order valence-corrected chi connectivity index (χ1v) is 8.75. The minimum Gasteiger partial charge on any atom is -0.465 e. The Kier molecular flexibility index (Phi) is 3.25. The maximum absolute atomic E-state index is 12.8. The van der Waals surface area contributed by atoms with E-state index in [0.717, 1.165) is 37.0 Å². The maximum atomic E-state index is 12.8. The lowest BCUT2D eigenvalue weighted by Gasteiger charge is -2.55. The van der Waals surface area contributed by atoms with Crippen LogP contribution in [0.2, 0.25) is 0 Å². The van der Waals surface area contributed by atoms with E-state index in [2.05, 4.69) is 14.7 Å². The number of hydrogen-bond donors (Lipinski definition) is 1. The first-order valence-electron chi connectivity index (χ1n) is 7.94. The quantitative estimate of drug-likeness (QED) is 0.851.